The van der Waals surface area contributed by atoms with E-state index in [2.05, 4.69) is 10.0 Å². The van der Waals surface area contributed by atoms with E-state index in [0.717, 1.165) is 17.7 Å². The topological polar surface area (TPSA) is 114 Å². The SMILES string of the molecule is O=C(C[C@H]1C[C@H]2c3cc(NS(=O)(=O)c4ccc(F)cc4)ccc3O[C@H]2[C@H](CO)O1)NCc1cccc(F)c1. The van der Waals surface area contributed by atoms with Crippen LogP contribution in [0.1, 0.15) is 29.9 Å². The van der Waals surface area contributed by atoms with Gasteiger partial charge in [-0.05, 0) is 66.6 Å². The summed E-state index contributed by atoms with van der Waals surface area (Å²) in [5.41, 5.74) is 1.67. The Morgan fingerprint density at radius 3 is 2.55 bits per heavy atom. The van der Waals surface area contributed by atoms with E-state index in [0.29, 0.717) is 23.4 Å². The molecule has 200 valence electrons. The number of hydrogen-bond donors (Lipinski definition) is 3. The smallest absolute Gasteiger partial charge is 0.261 e. The molecular formula is C27H26F2N2O6S. The third kappa shape index (κ3) is 5.64. The second-order valence-corrected chi connectivity index (χ2v) is 11.0. The minimum atomic E-state index is -3.95. The fourth-order valence-electron chi connectivity index (χ4n) is 4.91. The largest absolute Gasteiger partial charge is 0.487 e. The predicted molar refractivity (Wildman–Crippen MR) is 134 cm³/mol. The van der Waals surface area contributed by atoms with Crippen LogP contribution >= 0.6 is 0 Å². The van der Waals surface area contributed by atoms with E-state index in [-0.39, 0.29) is 42.1 Å². The molecule has 38 heavy (non-hydrogen) atoms. The van der Waals surface area contributed by atoms with E-state index < -0.39 is 34.2 Å². The summed E-state index contributed by atoms with van der Waals surface area (Å²) < 4.78 is 66.6. The third-order valence-electron chi connectivity index (χ3n) is 6.67. The third-order valence-corrected chi connectivity index (χ3v) is 8.06. The van der Waals surface area contributed by atoms with E-state index >= 15 is 0 Å². The number of aliphatic hydroxyl groups excluding tert-OH is 1. The molecule has 0 spiro atoms. The molecule has 0 radical (unpaired) electrons. The average molecular weight is 545 g/mol. The molecule has 0 bridgehead atoms. The van der Waals surface area contributed by atoms with Gasteiger partial charge in [0.05, 0.1) is 24.0 Å². The molecule has 1 amide bonds. The van der Waals surface area contributed by atoms with E-state index in [4.69, 9.17) is 9.47 Å². The summed E-state index contributed by atoms with van der Waals surface area (Å²) in [7, 11) is -3.95. The Balaban J connectivity index is 1.28. The van der Waals surface area contributed by atoms with Gasteiger partial charge in [0.2, 0.25) is 5.91 Å². The molecule has 0 aromatic heterocycles. The van der Waals surface area contributed by atoms with Crippen LogP contribution in [0.5, 0.6) is 5.75 Å². The van der Waals surface area contributed by atoms with Crippen LogP contribution in [0.4, 0.5) is 14.5 Å². The molecule has 3 aromatic carbocycles. The second-order valence-electron chi connectivity index (χ2n) is 9.33. The monoisotopic (exact) mass is 544 g/mol. The van der Waals surface area contributed by atoms with Gasteiger partial charge in [-0.3, -0.25) is 9.52 Å². The highest BCUT2D eigenvalue weighted by atomic mass is 32.2. The number of ether oxygens (including phenoxy) is 2. The number of carbonyl (C=O) groups excluding carboxylic acids is 1. The maximum atomic E-state index is 13.4. The molecule has 3 N–H and O–H groups in total. The number of halogens is 2. The zero-order chi connectivity index (χ0) is 26.9. The summed E-state index contributed by atoms with van der Waals surface area (Å²) in [5.74, 6) is -0.909. The van der Waals surface area contributed by atoms with Gasteiger partial charge in [0.15, 0.2) is 0 Å². The molecule has 0 aliphatic carbocycles. The van der Waals surface area contributed by atoms with Crippen molar-refractivity contribution in [3.63, 3.8) is 0 Å². The number of carbonyl (C=O) groups is 1. The van der Waals surface area contributed by atoms with Crippen LogP contribution in [-0.4, -0.2) is 44.4 Å². The summed E-state index contributed by atoms with van der Waals surface area (Å²) in [6, 6.07) is 15.3. The lowest BCUT2D eigenvalue weighted by Crippen LogP contribution is -2.47. The summed E-state index contributed by atoms with van der Waals surface area (Å²) in [4.78, 5) is 12.5. The van der Waals surface area contributed by atoms with Crippen molar-refractivity contribution in [2.24, 2.45) is 0 Å². The first kappa shape index (κ1) is 26.1. The molecule has 4 atom stereocenters. The van der Waals surface area contributed by atoms with Crippen molar-refractivity contribution in [1.29, 1.82) is 0 Å². The molecule has 5 rings (SSSR count). The van der Waals surface area contributed by atoms with Crippen LogP contribution < -0.4 is 14.8 Å². The molecule has 0 saturated carbocycles. The van der Waals surface area contributed by atoms with Crippen LogP contribution in [0.2, 0.25) is 0 Å². The molecule has 11 heteroatoms. The Morgan fingerprint density at radius 1 is 1.03 bits per heavy atom. The summed E-state index contributed by atoms with van der Waals surface area (Å²) in [6.07, 6.45) is -1.25. The van der Waals surface area contributed by atoms with Gasteiger partial charge in [-0.15, -0.1) is 0 Å². The van der Waals surface area contributed by atoms with Gasteiger partial charge in [0.1, 0.15) is 29.6 Å². The molecule has 2 aliphatic heterocycles. The standard InChI is InChI=1S/C27H26F2N2O6S/c28-17-4-7-21(8-5-17)38(34,35)31-19-6-9-24-22(11-19)23-12-20(36-25(15-32)27(23)37-24)13-26(33)30-14-16-2-1-3-18(29)10-16/h1-11,20,23,25,27,31-32H,12-15H2,(H,30,33)/t20-,23+,25+,27-/m1/s1. The van der Waals surface area contributed by atoms with Crippen LogP contribution in [0.3, 0.4) is 0 Å². The zero-order valence-corrected chi connectivity index (χ0v) is 21.0. The van der Waals surface area contributed by atoms with Gasteiger partial charge in [-0.25, -0.2) is 17.2 Å². The zero-order valence-electron chi connectivity index (χ0n) is 20.1. The molecule has 1 fully saturated rings. The first-order chi connectivity index (χ1) is 18.2. The lowest BCUT2D eigenvalue weighted by Gasteiger charge is -2.37. The highest BCUT2D eigenvalue weighted by molar-refractivity contribution is 7.92. The number of rotatable bonds is 8. The number of sulfonamides is 1. The van der Waals surface area contributed by atoms with Crippen molar-refractivity contribution < 1.29 is 36.6 Å². The molecule has 8 nitrogen and oxygen atoms in total. The van der Waals surface area contributed by atoms with E-state index in [9.17, 15) is 27.1 Å². The summed E-state index contributed by atoms with van der Waals surface area (Å²) in [6.45, 7) is -0.150. The van der Waals surface area contributed by atoms with Crippen molar-refractivity contribution in [2.45, 2.75) is 48.5 Å². The molecule has 0 unspecified atom stereocenters. The van der Waals surface area contributed by atoms with Crippen LogP contribution in [0.15, 0.2) is 71.6 Å². The van der Waals surface area contributed by atoms with Gasteiger partial charge < -0.3 is 19.9 Å². The molecule has 1 saturated heterocycles. The first-order valence-electron chi connectivity index (χ1n) is 12.1. The number of aliphatic hydroxyl groups is 1. The summed E-state index contributed by atoms with van der Waals surface area (Å²) in [5, 5.41) is 12.7. The Hall–Kier alpha value is -3.54. The van der Waals surface area contributed by atoms with Crippen molar-refractivity contribution in [3.05, 3.63) is 89.5 Å². The lowest BCUT2D eigenvalue weighted by atomic mass is 9.84. The average Bonchev–Trinajstić information content (AvgIpc) is 3.25. The van der Waals surface area contributed by atoms with Gasteiger partial charge in [0.25, 0.3) is 10.0 Å². The first-order valence-corrected chi connectivity index (χ1v) is 13.6. The molecule has 2 aliphatic rings. The van der Waals surface area contributed by atoms with Gasteiger partial charge in [-0.1, -0.05) is 12.1 Å². The van der Waals surface area contributed by atoms with Crippen LogP contribution in [-0.2, 0) is 26.1 Å². The maximum absolute atomic E-state index is 13.4. The minimum Gasteiger partial charge on any atom is -0.487 e. The number of nitrogens with one attached hydrogen (secondary N) is 2. The Bertz CT molecular complexity index is 1430. The number of amides is 1. The number of benzene rings is 3. The van der Waals surface area contributed by atoms with E-state index in [1.54, 1.807) is 30.3 Å². The van der Waals surface area contributed by atoms with Crippen molar-refractivity contribution in [2.75, 3.05) is 11.3 Å². The molecule has 3 aromatic rings. The highest BCUT2D eigenvalue weighted by Gasteiger charge is 2.46. The van der Waals surface area contributed by atoms with Gasteiger partial charge >= 0.3 is 0 Å². The normalized spacial score (nSPS) is 22.2. The van der Waals surface area contributed by atoms with E-state index in [1.807, 2.05) is 0 Å². The Labute approximate surface area is 218 Å². The fraction of sp³-hybridized carbons (Fsp3) is 0.296. The summed E-state index contributed by atoms with van der Waals surface area (Å²) >= 11 is 0. The lowest BCUT2D eigenvalue weighted by molar-refractivity contribution is -0.142. The van der Waals surface area contributed by atoms with Crippen LogP contribution in [0.25, 0.3) is 0 Å². The number of anilines is 1. The Kier molecular flexibility index (Phi) is 7.33. The highest BCUT2D eigenvalue weighted by Crippen LogP contribution is 2.47. The second kappa shape index (κ2) is 10.7. The molecular weight excluding hydrogens is 518 g/mol. The quantitative estimate of drug-likeness (QED) is 0.400. The minimum absolute atomic E-state index is 0.0290. The fourth-order valence-corrected chi connectivity index (χ4v) is 5.96. The van der Waals surface area contributed by atoms with Crippen LogP contribution in [0, 0.1) is 11.6 Å². The van der Waals surface area contributed by atoms with Gasteiger partial charge in [-0.2, -0.15) is 0 Å². The Morgan fingerprint density at radius 2 is 1.82 bits per heavy atom. The maximum Gasteiger partial charge on any atom is 0.261 e. The van der Waals surface area contributed by atoms with E-state index in [1.165, 1.54) is 24.3 Å². The van der Waals surface area contributed by atoms with Crippen molar-refractivity contribution in [3.8, 4) is 5.75 Å². The van der Waals surface area contributed by atoms with Gasteiger partial charge in [0, 0.05) is 23.7 Å². The number of hydrogen-bond acceptors (Lipinski definition) is 6. The van der Waals surface area contributed by atoms with Crippen molar-refractivity contribution in [1.82, 2.24) is 5.32 Å². The number of fused-ring (bicyclic) bond motifs is 3. The predicted octanol–water partition coefficient (Wildman–Crippen LogP) is 3.47. The molecule has 2 heterocycles. The van der Waals surface area contributed by atoms with Crippen molar-refractivity contribution >= 4 is 21.6 Å².